The molecule has 0 spiro atoms. The van der Waals surface area contributed by atoms with Gasteiger partial charge in [-0.25, -0.2) is 9.37 Å². The fraction of sp³-hybridized carbons (Fsp3) is 0.133. The van der Waals surface area contributed by atoms with Gasteiger partial charge in [0, 0.05) is 6.07 Å². The van der Waals surface area contributed by atoms with Crippen LogP contribution in [0.3, 0.4) is 0 Å². The van der Waals surface area contributed by atoms with Crippen molar-refractivity contribution in [3.05, 3.63) is 54.1 Å². The number of fused-ring (bicyclic) bond motifs is 1. The Bertz CT molecular complexity index is 770. The summed E-state index contributed by atoms with van der Waals surface area (Å²) in [7, 11) is 1.60. The zero-order valence-corrected chi connectivity index (χ0v) is 11.6. The summed E-state index contributed by atoms with van der Waals surface area (Å²) in [6.07, 6.45) is 0. The summed E-state index contributed by atoms with van der Waals surface area (Å²) in [5.74, 6) is 1.34. The largest absolute Gasteiger partial charge is 0.497 e. The van der Waals surface area contributed by atoms with Crippen LogP contribution in [-0.2, 0) is 5.88 Å². The van der Waals surface area contributed by atoms with E-state index in [4.69, 9.17) is 16.3 Å². The first-order chi connectivity index (χ1) is 9.72. The fourth-order valence-electron chi connectivity index (χ4n) is 2.23. The van der Waals surface area contributed by atoms with Gasteiger partial charge < -0.3 is 4.74 Å². The summed E-state index contributed by atoms with van der Waals surface area (Å²) < 4.78 is 20.5. The van der Waals surface area contributed by atoms with Crippen LogP contribution in [0.5, 0.6) is 5.75 Å². The van der Waals surface area contributed by atoms with Crippen LogP contribution in [0.25, 0.3) is 16.7 Å². The smallest absolute Gasteiger partial charge is 0.129 e. The van der Waals surface area contributed by atoms with Gasteiger partial charge in [0.25, 0.3) is 0 Å². The molecule has 5 heteroatoms. The van der Waals surface area contributed by atoms with E-state index in [9.17, 15) is 4.39 Å². The van der Waals surface area contributed by atoms with Crippen molar-refractivity contribution in [1.29, 1.82) is 0 Å². The third-order valence-corrected chi connectivity index (χ3v) is 3.36. The average Bonchev–Trinajstić information content (AvgIpc) is 2.84. The van der Waals surface area contributed by atoms with Gasteiger partial charge in [-0.3, -0.25) is 4.57 Å². The van der Waals surface area contributed by atoms with Crippen molar-refractivity contribution < 1.29 is 9.13 Å². The molecule has 0 saturated heterocycles. The van der Waals surface area contributed by atoms with Gasteiger partial charge in [0.05, 0.1) is 29.7 Å². The maximum Gasteiger partial charge on any atom is 0.129 e. The average molecular weight is 291 g/mol. The number of alkyl halides is 1. The van der Waals surface area contributed by atoms with E-state index in [1.807, 2.05) is 28.8 Å². The molecule has 0 saturated carbocycles. The lowest BCUT2D eigenvalue weighted by atomic mass is 10.2. The number of hydrogen-bond acceptors (Lipinski definition) is 2. The summed E-state index contributed by atoms with van der Waals surface area (Å²) in [6.45, 7) is 0. The molecule has 20 heavy (non-hydrogen) atoms. The summed E-state index contributed by atoms with van der Waals surface area (Å²) >= 11 is 5.96. The Morgan fingerprint density at radius 3 is 2.80 bits per heavy atom. The second-order valence-corrected chi connectivity index (χ2v) is 4.60. The number of ether oxygens (including phenoxy) is 1. The van der Waals surface area contributed by atoms with Gasteiger partial charge in [-0.1, -0.05) is 6.07 Å². The SMILES string of the molecule is COc1ccc2c(c1)nc(CCl)n2-c1cccc(F)c1. The van der Waals surface area contributed by atoms with Crippen molar-refractivity contribution in [3.63, 3.8) is 0 Å². The van der Waals surface area contributed by atoms with Gasteiger partial charge in [-0.05, 0) is 30.3 Å². The fourth-order valence-corrected chi connectivity index (χ4v) is 2.41. The lowest BCUT2D eigenvalue weighted by Crippen LogP contribution is -1.99. The third kappa shape index (κ3) is 2.12. The van der Waals surface area contributed by atoms with Crippen LogP contribution < -0.4 is 4.74 Å². The molecule has 3 rings (SSSR count). The monoisotopic (exact) mass is 290 g/mol. The van der Waals surface area contributed by atoms with Crippen molar-refractivity contribution in [2.75, 3.05) is 7.11 Å². The van der Waals surface area contributed by atoms with Crippen molar-refractivity contribution >= 4 is 22.6 Å². The number of imidazole rings is 1. The maximum absolute atomic E-state index is 13.4. The van der Waals surface area contributed by atoms with E-state index in [1.54, 1.807) is 13.2 Å². The highest BCUT2D eigenvalue weighted by atomic mass is 35.5. The number of rotatable bonds is 3. The Kier molecular flexibility index (Phi) is 3.32. The Hall–Kier alpha value is -2.07. The van der Waals surface area contributed by atoms with Gasteiger partial charge in [0.15, 0.2) is 0 Å². The number of halogens is 2. The molecule has 3 aromatic rings. The summed E-state index contributed by atoms with van der Waals surface area (Å²) in [4.78, 5) is 4.47. The highest BCUT2D eigenvalue weighted by Gasteiger charge is 2.12. The van der Waals surface area contributed by atoms with E-state index in [0.29, 0.717) is 11.5 Å². The third-order valence-electron chi connectivity index (χ3n) is 3.12. The standard InChI is InChI=1S/C15H12ClFN2O/c1-20-12-5-6-14-13(8-12)18-15(9-16)19(14)11-4-2-3-10(17)7-11/h2-8H,9H2,1H3. The summed E-state index contributed by atoms with van der Waals surface area (Å²) in [5.41, 5.74) is 2.34. The van der Waals surface area contributed by atoms with Crippen LogP contribution in [0.2, 0.25) is 0 Å². The number of benzene rings is 2. The molecule has 0 fully saturated rings. The van der Waals surface area contributed by atoms with Gasteiger partial charge in [-0.15, -0.1) is 11.6 Å². The molecule has 0 aliphatic rings. The number of aromatic nitrogens is 2. The first-order valence-corrected chi connectivity index (χ1v) is 6.63. The Morgan fingerprint density at radius 2 is 2.10 bits per heavy atom. The van der Waals surface area contributed by atoms with E-state index >= 15 is 0 Å². The van der Waals surface area contributed by atoms with Crippen molar-refractivity contribution in [3.8, 4) is 11.4 Å². The summed E-state index contributed by atoms with van der Waals surface area (Å²) in [6, 6.07) is 11.9. The molecular weight excluding hydrogens is 279 g/mol. The van der Waals surface area contributed by atoms with E-state index in [2.05, 4.69) is 4.98 Å². The number of nitrogens with zero attached hydrogens (tertiary/aromatic N) is 2. The molecule has 1 aromatic heterocycles. The van der Waals surface area contributed by atoms with Crippen LogP contribution in [0.4, 0.5) is 4.39 Å². The molecule has 3 nitrogen and oxygen atoms in total. The minimum Gasteiger partial charge on any atom is -0.497 e. The molecule has 0 unspecified atom stereocenters. The number of methoxy groups -OCH3 is 1. The normalized spacial score (nSPS) is 10.9. The number of hydrogen-bond donors (Lipinski definition) is 0. The topological polar surface area (TPSA) is 27.1 Å². The summed E-state index contributed by atoms with van der Waals surface area (Å²) in [5, 5.41) is 0. The quantitative estimate of drug-likeness (QED) is 0.684. The highest BCUT2D eigenvalue weighted by Crippen LogP contribution is 2.26. The zero-order valence-electron chi connectivity index (χ0n) is 10.8. The molecule has 0 aliphatic heterocycles. The lowest BCUT2D eigenvalue weighted by Gasteiger charge is -2.08. The van der Waals surface area contributed by atoms with E-state index in [-0.39, 0.29) is 11.7 Å². The highest BCUT2D eigenvalue weighted by molar-refractivity contribution is 6.17. The predicted molar refractivity (Wildman–Crippen MR) is 77.1 cm³/mol. The van der Waals surface area contributed by atoms with Crippen LogP contribution >= 0.6 is 11.6 Å². The lowest BCUT2D eigenvalue weighted by molar-refractivity contribution is 0.415. The van der Waals surface area contributed by atoms with Crippen LogP contribution in [-0.4, -0.2) is 16.7 Å². The molecule has 2 aromatic carbocycles. The van der Waals surface area contributed by atoms with Crippen LogP contribution in [0.15, 0.2) is 42.5 Å². The van der Waals surface area contributed by atoms with Crippen LogP contribution in [0, 0.1) is 5.82 Å². The van der Waals surface area contributed by atoms with Gasteiger partial charge in [0.2, 0.25) is 0 Å². The Labute approximate surface area is 120 Å². The molecular formula is C15H12ClFN2O. The first-order valence-electron chi connectivity index (χ1n) is 6.10. The molecule has 0 amide bonds. The van der Waals surface area contributed by atoms with Gasteiger partial charge >= 0.3 is 0 Å². The van der Waals surface area contributed by atoms with E-state index in [1.165, 1.54) is 12.1 Å². The van der Waals surface area contributed by atoms with Gasteiger partial charge in [0.1, 0.15) is 17.4 Å². The molecule has 0 aliphatic carbocycles. The zero-order chi connectivity index (χ0) is 14.1. The minimum atomic E-state index is -0.293. The molecule has 0 radical (unpaired) electrons. The van der Waals surface area contributed by atoms with Crippen LogP contribution in [0.1, 0.15) is 5.82 Å². The molecule has 0 bridgehead atoms. The molecule has 0 N–H and O–H groups in total. The second kappa shape index (κ2) is 5.13. The predicted octanol–water partition coefficient (Wildman–Crippen LogP) is 3.91. The van der Waals surface area contributed by atoms with Crippen molar-refractivity contribution in [1.82, 2.24) is 9.55 Å². The minimum absolute atomic E-state index is 0.244. The van der Waals surface area contributed by atoms with E-state index < -0.39 is 0 Å². The maximum atomic E-state index is 13.4. The molecule has 102 valence electrons. The Morgan fingerprint density at radius 1 is 1.25 bits per heavy atom. The van der Waals surface area contributed by atoms with E-state index in [0.717, 1.165) is 16.8 Å². The molecule has 1 heterocycles. The van der Waals surface area contributed by atoms with Crippen molar-refractivity contribution in [2.45, 2.75) is 5.88 Å². The second-order valence-electron chi connectivity index (χ2n) is 4.33. The molecule has 0 atom stereocenters. The Balaban J connectivity index is 2.28. The van der Waals surface area contributed by atoms with Crippen molar-refractivity contribution in [2.24, 2.45) is 0 Å². The van der Waals surface area contributed by atoms with Gasteiger partial charge in [-0.2, -0.15) is 0 Å². The first kappa shape index (κ1) is 12.9.